The minimum atomic E-state index is -0.530. The molecular weight excluding hydrogens is 284 g/mol. The lowest BCUT2D eigenvalue weighted by atomic mass is 9.90. The Morgan fingerprint density at radius 2 is 1.91 bits per heavy atom. The van der Waals surface area contributed by atoms with Gasteiger partial charge in [0.15, 0.2) is 5.78 Å². The van der Waals surface area contributed by atoms with Crippen LogP contribution < -0.4 is 4.84 Å². The van der Waals surface area contributed by atoms with Crippen LogP contribution in [0.2, 0.25) is 0 Å². The van der Waals surface area contributed by atoms with Gasteiger partial charge in [-0.15, -0.1) is 0 Å². The zero-order chi connectivity index (χ0) is 16.3. The number of nitrogens with zero attached hydrogens (tertiary/aromatic N) is 2. The van der Waals surface area contributed by atoms with Crippen LogP contribution in [0.1, 0.15) is 20.8 Å². The van der Waals surface area contributed by atoms with E-state index < -0.39 is 4.92 Å². The van der Waals surface area contributed by atoms with E-state index in [4.69, 9.17) is 4.84 Å². The summed E-state index contributed by atoms with van der Waals surface area (Å²) in [6, 6.07) is 6.00. The highest BCUT2D eigenvalue weighted by Gasteiger charge is 2.20. The van der Waals surface area contributed by atoms with Crippen molar-refractivity contribution in [2.24, 2.45) is 11.1 Å². The van der Waals surface area contributed by atoms with Crippen LogP contribution >= 0.6 is 0 Å². The number of hydrogen-bond donors (Lipinski definition) is 0. The van der Waals surface area contributed by atoms with Gasteiger partial charge < -0.3 is 4.84 Å². The van der Waals surface area contributed by atoms with E-state index in [1.807, 2.05) is 13.8 Å². The molecule has 1 aromatic rings. The Labute approximate surface area is 127 Å². The number of carbonyl (C=O) groups excluding carboxylic acids is 1. The van der Waals surface area contributed by atoms with Gasteiger partial charge in [-0.3, -0.25) is 14.9 Å². The molecule has 1 aliphatic rings. The van der Waals surface area contributed by atoms with Gasteiger partial charge in [-0.2, -0.15) is 0 Å². The molecule has 0 fully saturated rings. The third-order valence-electron chi connectivity index (χ3n) is 3.25. The molecule has 0 bridgehead atoms. The van der Waals surface area contributed by atoms with Crippen molar-refractivity contribution in [2.75, 3.05) is 0 Å². The average molecular weight is 300 g/mol. The SMILES string of the molecule is CC1=CC(=O)C(C(C)C)=C/C1=N/Oc1ccccc1[N+](=O)[O-]. The summed E-state index contributed by atoms with van der Waals surface area (Å²) in [6.45, 7) is 5.57. The molecule has 6 heteroatoms. The predicted octanol–water partition coefficient (Wildman–Crippen LogP) is 3.44. The number of hydrogen-bond acceptors (Lipinski definition) is 5. The van der Waals surface area contributed by atoms with Gasteiger partial charge in [-0.1, -0.05) is 31.1 Å². The van der Waals surface area contributed by atoms with Gasteiger partial charge in [0.1, 0.15) is 5.71 Å². The minimum absolute atomic E-state index is 0.0443. The molecule has 0 atom stereocenters. The highest BCUT2D eigenvalue weighted by Crippen LogP contribution is 2.26. The van der Waals surface area contributed by atoms with E-state index in [-0.39, 0.29) is 23.1 Å². The standard InChI is InChI=1S/C16H16N2O4/c1-10(2)12-9-13(11(3)8-15(12)19)17-22-16-7-5-4-6-14(16)18(20)21/h4-10H,1-3H3/b17-13-. The first-order valence-electron chi connectivity index (χ1n) is 6.83. The van der Waals surface area contributed by atoms with Gasteiger partial charge in [-0.25, -0.2) is 0 Å². The molecule has 0 radical (unpaired) electrons. The normalized spacial score (nSPS) is 16.5. The fraction of sp³-hybridized carbons (Fsp3) is 0.250. The zero-order valence-corrected chi connectivity index (χ0v) is 12.6. The lowest BCUT2D eigenvalue weighted by Gasteiger charge is -2.14. The summed E-state index contributed by atoms with van der Waals surface area (Å²) >= 11 is 0. The van der Waals surface area contributed by atoms with Crippen molar-refractivity contribution in [1.29, 1.82) is 0 Å². The van der Waals surface area contributed by atoms with Crippen LogP contribution in [0.3, 0.4) is 0 Å². The van der Waals surface area contributed by atoms with Crippen molar-refractivity contribution < 1.29 is 14.6 Å². The molecule has 1 aliphatic carbocycles. The van der Waals surface area contributed by atoms with Crippen molar-refractivity contribution in [3.8, 4) is 5.75 Å². The molecule has 0 heterocycles. The van der Waals surface area contributed by atoms with E-state index in [1.165, 1.54) is 18.2 Å². The molecule has 22 heavy (non-hydrogen) atoms. The summed E-state index contributed by atoms with van der Waals surface area (Å²) in [6.07, 6.45) is 3.16. The Morgan fingerprint density at radius 3 is 2.55 bits per heavy atom. The molecule has 114 valence electrons. The molecule has 0 aliphatic heterocycles. The van der Waals surface area contributed by atoms with Crippen LogP contribution in [-0.2, 0) is 4.79 Å². The van der Waals surface area contributed by atoms with Gasteiger partial charge >= 0.3 is 5.69 Å². The highest BCUT2D eigenvalue weighted by molar-refractivity contribution is 6.21. The summed E-state index contributed by atoms with van der Waals surface area (Å²) < 4.78 is 0. The first-order chi connectivity index (χ1) is 10.4. The summed E-state index contributed by atoms with van der Waals surface area (Å²) in [4.78, 5) is 27.5. The van der Waals surface area contributed by atoms with Gasteiger partial charge in [0.05, 0.1) is 4.92 Å². The second-order valence-corrected chi connectivity index (χ2v) is 5.24. The largest absolute Gasteiger partial charge is 0.349 e. The molecule has 0 saturated carbocycles. The van der Waals surface area contributed by atoms with Crippen molar-refractivity contribution in [1.82, 2.24) is 0 Å². The van der Waals surface area contributed by atoms with Crippen LogP contribution in [0.4, 0.5) is 5.69 Å². The molecular formula is C16H16N2O4. The average Bonchev–Trinajstić information content (AvgIpc) is 2.46. The molecule has 0 aromatic heterocycles. The van der Waals surface area contributed by atoms with Crippen LogP contribution in [0.5, 0.6) is 5.75 Å². The van der Waals surface area contributed by atoms with E-state index in [9.17, 15) is 14.9 Å². The maximum Gasteiger partial charge on any atom is 0.314 e. The number of para-hydroxylation sites is 2. The van der Waals surface area contributed by atoms with Crippen molar-refractivity contribution in [2.45, 2.75) is 20.8 Å². The Hall–Kier alpha value is -2.76. The number of rotatable bonds is 4. The molecule has 0 N–H and O–H groups in total. The summed E-state index contributed by atoms with van der Waals surface area (Å²) in [5.41, 5.74) is 1.62. The molecule has 0 saturated heterocycles. The van der Waals surface area contributed by atoms with Crippen LogP contribution in [0.15, 0.2) is 52.7 Å². The quantitative estimate of drug-likeness (QED) is 0.484. The highest BCUT2D eigenvalue weighted by atomic mass is 16.6. The maximum atomic E-state index is 11.9. The number of nitro benzene ring substituents is 1. The number of carbonyl (C=O) groups is 1. The van der Waals surface area contributed by atoms with Gasteiger partial charge in [0, 0.05) is 11.6 Å². The summed E-state index contributed by atoms with van der Waals surface area (Å²) in [7, 11) is 0. The Kier molecular flexibility index (Phi) is 4.50. The van der Waals surface area contributed by atoms with Crippen molar-refractivity contribution >= 4 is 17.2 Å². The minimum Gasteiger partial charge on any atom is -0.349 e. The van der Waals surface area contributed by atoms with Gasteiger partial charge in [0.25, 0.3) is 0 Å². The third kappa shape index (κ3) is 3.28. The number of oxime groups is 1. The Balaban J connectivity index is 2.32. The number of allylic oxidation sites excluding steroid dienone is 4. The third-order valence-corrected chi connectivity index (χ3v) is 3.25. The van der Waals surface area contributed by atoms with E-state index in [0.29, 0.717) is 16.9 Å². The topological polar surface area (TPSA) is 81.8 Å². The van der Waals surface area contributed by atoms with Crippen LogP contribution in [0, 0.1) is 16.0 Å². The molecule has 0 amide bonds. The summed E-state index contributed by atoms with van der Waals surface area (Å²) in [5, 5.41) is 14.9. The number of nitro groups is 1. The van der Waals surface area contributed by atoms with E-state index in [1.54, 1.807) is 25.1 Å². The van der Waals surface area contributed by atoms with Gasteiger partial charge in [0.2, 0.25) is 5.75 Å². The van der Waals surface area contributed by atoms with E-state index >= 15 is 0 Å². The Morgan fingerprint density at radius 1 is 1.23 bits per heavy atom. The summed E-state index contributed by atoms with van der Waals surface area (Å²) in [5.74, 6) is 0.0782. The number of ketones is 1. The maximum absolute atomic E-state index is 11.9. The monoisotopic (exact) mass is 300 g/mol. The lowest BCUT2D eigenvalue weighted by Crippen LogP contribution is -2.16. The zero-order valence-electron chi connectivity index (χ0n) is 12.6. The molecule has 1 aromatic carbocycles. The van der Waals surface area contributed by atoms with E-state index in [2.05, 4.69) is 5.16 Å². The first kappa shape index (κ1) is 15.6. The lowest BCUT2D eigenvalue weighted by molar-refractivity contribution is -0.385. The Bertz CT molecular complexity index is 715. The fourth-order valence-corrected chi connectivity index (χ4v) is 2.02. The van der Waals surface area contributed by atoms with Crippen molar-refractivity contribution in [3.63, 3.8) is 0 Å². The molecule has 0 unspecified atom stereocenters. The second kappa shape index (κ2) is 6.34. The van der Waals surface area contributed by atoms with Gasteiger partial charge in [-0.05, 0) is 36.6 Å². The van der Waals surface area contributed by atoms with Crippen LogP contribution in [-0.4, -0.2) is 16.4 Å². The molecule has 0 spiro atoms. The van der Waals surface area contributed by atoms with Crippen LogP contribution in [0.25, 0.3) is 0 Å². The fourth-order valence-electron chi connectivity index (χ4n) is 2.02. The molecule has 6 nitrogen and oxygen atoms in total. The molecule has 2 rings (SSSR count). The van der Waals surface area contributed by atoms with Crippen molar-refractivity contribution in [3.05, 3.63) is 57.7 Å². The second-order valence-electron chi connectivity index (χ2n) is 5.24. The smallest absolute Gasteiger partial charge is 0.314 e. The number of benzene rings is 1. The predicted molar refractivity (Wildman–Crippen MR) is 82.8 cm³/mol. The van der Waals surface area contributed by atoms with E-state index in [0.717, 1.165) is 0 Å². The first-order valence-corrected chi connectivity index (χ1v) is 6.83.